The van der Waals surface area contributed by atoms with Gasteiger partial charge in [0.15, 0.2) is 0 Å². The Balaban J connectivity index is 2.92. The zero-order valence-corrected chi connectivity index (χ0v) is 10.3. The van der Waals surface area contributed by atoms with Crippen molar-refractivity contribution < 1.29 is 23.0 Å². The monoisotopic (exact) mass is 283 g/mol. The minimum atomic E-state index is -4.80. The summed E-state index contributed by atoms with van der Waals surface area (Å²) in [6, 6.07) is 2.98. The number of ether oxygens (including phenoxy) is 1. The molecular weight excluding hydrogens is 271 g/mol. The predicted octanol–water partition coefficient (Wildman–Crippen LogP) is 3.01. The first-order valence-electron chi connectivity index (χ1n) is 5.23. The van der Waals surface area contributed by atoms with E-state index in [1.165, 1.54) is 12.1 Å². The van der Waals surface area contributed by atoms with Gasteiger partial charge in [-0.1, -0.05) is 24.6 Å². The SMILES string of the molecule is CC[C@H](O)[C@H](N)c1ccc(OC(F)(F)F)c(Cl)c1. The maximum absolute atomic E-state index is 12.0. The van der Waals surface area contributed by atoms with Gasteiger partial charge in [-0.25, -0.2) is 0 Å². The zero-order valence-electron chi connectivity index (χ0n) is 9.54. The molecular formula is C11H13ClF3NO2. The Labute approximate surface area is 107 Å². The summed E-state index contributed by atoms with van der Waals surface area (Å²) < 4.78 is 39.8. The Morgan fingerprint density at radius 1 is 1.44 bits per heavy atom. The highest BCUT2D eigenvalue weighted by Crippen LogP contribution is 2.32. The second-order valence-corrected chi connectivity index (χ2v) is 4.15. The lowest BCUT2D eigenvalue weighted by atomic mass is 10.0. The number of nitrogens with two attached hydrogens (primary N) is 1. The Hall–Kier alpha value is -0.980. The molecule has 0 aliphatic heterocycles. The van der Waals surface area contributed by atoms with E-state index in [0.29, 0.717) is 12.0 Å². The Morgan fingerprint density at radius 2 is 2.06 bits per heavy atom. The van der Waals surface area contributed by atoms with Gasteiger partial charge < -0.3 is 15.6 Å². The van der Waals surface area contributed by atoms with E-state index in [4.69, 9.17) is 17.3 Å². The zero-order chi connectivity index (χ0) is 13.9. The van der Waals surface area contributed by atoms with Crippen LogP contribution in [0, 0.1) is 0 Å². The number of halogens is 4. The van der Waals surface area contributed by atoms with Crippen molar-refractivity contribution in [3.05, 3.63) is 28.8 Å². The number of aliphatic hydroxyl groups is 1. The molecule has 1 rings (SSSR count). The third-order valence-electron chi connectivity index (χ3n) is 2.40. The van der Waals surface area contributed by atoms with Crippen LogP contribution in [0.4, 0.5) is 13.2 Å². The fourth-order valence-electron chi connectivity index (χ4n) is 1.41. The molecule has 2 atom stereocenters. The Morgan fingerprint density at radius 3 is 2.50 bits per heavy atom. The average molecular weight is 284 g/mol. The van der Waals surface area contributed by atoms with Crippen molar-refractivity contribution in [1.82, 2.24) is 0 Å². The molecule has 0 amide bonds. The van der Waals surface area contributed by atoms with Crippen LogP contribution in [0.25, 0.3) is 0 Å². The fraction of sp³-hybridized carbons (Fsp3) is 0.455. The minimum absolute atomic E-state index is 0.205. The number of rotatable bonds is 4. The molecule has 0 aromatic heterocycles. The summed E-state index contributed by atoms with van der Waals surface area (Å²) in [6.07, 6.45) is -5.15. The highest BCUT2D eigenvalue weighted by atomic mass is 35.5. The van der Waals surface area contributed by atoms with Gasteiger partial charge in [-0.3, -0.25) is 0 Å². The molecule has 0 aliphatic carbocycles. The highest BCUT2D eigenvalue weighted by molar-refractivity contribution is 6.32. The molecule has 0 heterocycles. The molecule has 3 N–H and O–H groups in total. The second kappa shape index (κ2) is 5.77. The number of aliphatic hydroxyl groups excluding tert-OH is 1. The third kappa shape index (κ3) is 4.04. The van der Waals surface area contributed by atoms with Crippen LogP contribution in [0.15, 0.2) is 18.2 Å². The van der Waals surface area contributed by atoms with Crippen LogP contribution < -0.4 is 10.5 Å². The van der Waals surface area contributed by atoms with Crippen LogP contribution in [-0.4, -0.2) is 17.6 Å². The standard InChI is InChI=1S/C11H13ClF3NO2/c1-2-8(17)10(16)6-3-4-9(7(12)5-6)18-11(13,14)15/h3-5,8,10,17H,2,16H2,1H3/t8-,10+/m0/s1. The molecule has 102 valence electrons. The van der Waals surface area contributed by atoms with E-state index in [0.717, 1.165) is 6.07 Å². The van der Waals surface area contributed by atoms with Crippen molar-refractivity contribution in [2.45, 2.75) is 31.9 Å². The molecule has 7 heteroatoms. The van der Waals surface area contributed by atoms with Crippen molar-refractivity contribution in [2.75, 3.05) is 0 Å². The van der Waals surface area contributed by atoms with Gasteiger partial charge in [0.05, 0.1) is 17.2 Å². The quantitative estimate of drug-likeness (QED) is 0.893. The van der Waals surface area contributed by atoms with Crippen LogP contribution in [0.1, 0.15) is 24.9 Å². The summed E-state index contributed by atoms with van der Waals surface area (Å²) in [6.45, 7) is 1.74. The first-order chi connectivity index (χ1) is 8.24. The van der Waals surface area contributed by atoms with Gasteiger partial charge >= 0.3 is 6.36 Å². The highest BCUT2D eigenvalue weighted by Gasteiger charge is 2.32. The van der Waals surface area contributed by atoms with E-state index in [2.05, 4.69) is 4.74 Å². The summed E-state index contributed by atoms with van der Waals surface area (Å²) in [5.41, 5.74) is 6.17. The summed E-state index contributed by atoms with van der Waals surface area (Å²) in [4.78, 5) is 0. The Bertz CT molecular complexity index is 412. The fourth-order valence-corrected chi connectivity index (χ4v) is 1.64. The van der Waals surface area contributed by atoms with Gasteiger partial charge in [-0.05, 0) is 24.1 Å². The third-order valence-corrected chi connectivity index (χ3v) is 2.69. The van der Waals surface area contributed by atoms with Crippen molar-refractivity contribution in [3.8, 4) is 5.75 Å². The topological polar surface area (TPSA) is 55.5 Å². The number of benzene rings is 1. The van der Waals surface area contributed by atoms with E-state index in [1.807, 2.05) is 0 Å². The lowest BCUT2D eigenvalue weighted by Gasteiger charge is -2.18. The first-order valence-corrected chi connectivity index (χ1v) is 5.61. The summed E-state index contributed by atoms with van der Waals surface area (Å²) in [7, 11) is 0. The van der Waals surface area contributed by atoms with E-state index >= 15 is 0 Å². The molecule has 0 radical (unpaired) electrons. The molecule has 0 aliphatic rings. The number of hydrogen-bond acceptors (Lipinski definition) is 3. The molecule has 0 unspecified atom stereocenters. The number of alkyl halides is 3. The molecule has 18 heavy (non-hydrogen) atoms. The van der Waals surface area contributed by atoms with Crippen molar-refractivity contribution in [2.24, 2.45) is 5.73 Å². The van der Waals surface area contributed by atoms with Crippen molar-refractivity contribution in [1.29, 1.82) is 0 Å². The molecule has 0 bridgehead atoms. The average Bonchev–Trinajstić information content (AvgIpc) is 2.28. The summed E-state index contributed by atoms with van der Waals surface area (Å²) in [5, 5.41) is 9.34. The van der Waals surface area contributed by atoms with Crippen LogP contribution in [0.3, 0.4) is 0 Å². The van der Waals surface area contributed by atoms with Crippen molar-refractivity contribution in [3.63, 3.8) is 0 Å². The molecule has 0 saturated carbocycles. The smallest absolute Gasteiger partial charge is 0.404 e. The van der Waals surface area contributed by atoms with E-state index in [9.17, 15) is 18.3 Å². The van der Waals surface area contributed by atoms with Gasteiger partial charge in [0.1, 0.15) is 5.75 Å². The summed E-state index contributed by atoms with van der Waals surface area (Å²) >= 11 is 5.67. The first kappa shape index (κ1) is 15.1. The van der Waals surface area contributed by atoms with Crippen molar-refractivity contribution >= 4 is 11.6 Å². The van der Waals surface area contributed by atoms with Gasteiger partial charge in [0, 0.05) is 0 Å². The van der Waals surface area contributed by atoms with Crippen LogP contribution >= 0.6 is 11.6 Å². The molecule has 3 nitrogen and oxygen atoms in total. The van der Waals surface area contributed by atoms with Gasteiger partial charge in [-0.15, -0.1) is 13.2 Å². The maximum Gasteiger partial charge on any atom is 0.573 e. The molecule has 0 fully saturated rings. The molecule has 1 aromatic carbocycles. The van der Waals surface area contributed by atoms with Gasteiger partial charge in [-0.2, -0.15) is 0 Å². The largest absolute Gasteiger partial charge is 0.573 e. The molecule has 0 spiro atoms. The second-order valence-electron chi connectivity index (χ2n) is 3.74. The van der Waals surface area contributed by atoms with Gasteiger partial charge in [0.2, 0.25) is 0 Å². The normalized spacial score (nSPS) is 15.3. The van der Waals surface area contributed by atoms with Crippen LogP contribution in [-0.2, 0) is 0 Å². The van der Waals surface area contributed by atoms with Crippen LogP contribution in [0.5, 0.6) is 5.75 Å². The lowest BCUT2D eigenvalue weighted by molar-refractivity contribution is -0.274. The van der Waals surface area contributed by atoms with Crippen LogP contribution in [0.2, 0.25) is 5.02 Å². The maximum atomic E-state index is 12.0. The van der Waals surface area contributed by atoms with Gasteiger partial charge in [0.25, 0.3) is 0 Å². The van der Waals surface area contributed by atoms with E-state index in [-0.39, 0.29) is 5.02 Å². The number of hydrogen-bond donors (Lipinski definition) is 2. The predicted molar refractivity (Wildman–Crippen MR) is 61.4 cm³/mol. The van der Waals surface area contributed by atoms with E-state index < -0.39 is 24.3 Å². The molecule has 1 aromatic rings. The lowest BCUT2D eigenvalue weighted by Crippen LogP contribution is -2.25. The van der Waals surface area contributed by atoms with E-state index in [1.54, 1.807) is 6.92 Å². The summed E-state index contributed by atoms with van der Waals surface area (Å²) in [5.74, 6) is -0.494. The minimum Gasteiger partial charge on any atom is -0.404 e. The molecule has 0 saturated heterocycles. The Kier molecular flexibility index (Phi) is 4.84.